The Hall–Kier alpha value is -3.08. The highest BCUT2D eigenvalue weighted by Crippen LogP contribution is 2.34. The molecule has 1 N–H and O–H groups in total. The third-order valence-corrected chi connectivity index (χ3v) is 5.53. The van der Waals surface area contributed by atoms with E-state index in [1.807, 2.05) is 30.3 Å². The molecule has 8 heteroatoms. The Balaban J connectivity index is 1.56. The molecule has 0 spiro atoms. The molecule has 0 aliphatic carbocycles. The first-order valence-corrected chi connectivity index (χ1v) is 9.62. The molecule has 1 atom stereocenters. The summed E-state index contributed by atoms with van der Waals surface area (Å²) in [4.78, 5) is 21.2. The van der Waals surface area contributed by atoms with Crippen LogP contribution < -0.4 is 5.32 Å². The first kappa shape index (κ1) is 18.3. The van der Waals surface area contributed by atoms with E-state index >= 15 is 0 Å². The molecule has 0 bridgehead atoms. The van der Waals surface area contributed by atoms with Gasteiger partial charge in [0.25, 0.3) is 0 Å². The summed E-state index contributed by atoms with van der Waals surface area (Å²) in [7, 11) is 0. The second-order valence-electron chi connectivity index (χ2n) is 6.01. The molecular weight excluding hydrogens is 396 g/mol. The van der Waals surface area contributed by atoms with Crippen LogP contribution in [0.1, 0.15) is 12.5 Å². The van der Waals surface area contributed by atoms with Crippen molar-refractivity contribution < 1.29 is 9.21 Å². The standard InChI is InChI=1S/C20H13ClN4O2S/c1-11(19(26)25-13-7-6-12(9-22)15(21)8-13)28-20-18-17(23-10-24-20)14-4-2-3-5-16(14)27-18/h2-8,10-11H,1H3,(H,25,26)/t11-/m0/s1. The number of fused-ring (bicyclic) bond motifs is 3. The number of rotatable bonds is 4. The largest absolute Gasteiger partial charge is 0.451 e. The molecule has 28 heavy (non-hydrogen) atoms. The number of halogens is 1. The van der Waals surface area contributed by atoms with Crippen molar-refractivity contribution in [2.75, 3.05) is 5.32 Å². The van der Waals surface area contributed by atoms with Gasteiger partial charge in [-0.2, -0.15) is 5.26 Å². The number of aromatic nitrogens is 2. The highest BCUT2D eigenvalue weighted by Gasteiger charge is 2.20. The third kappa shape index (κ3) is 3.40. The average molecular weight is 409 g/mol. The van der Waals surface area contributed by atoms with Crippen LogP contribution in [0.5, 0.6) is 0 Å². The number of nitriles is 1. The molecule has 0 saturated carbocycles. The van der Waals surface area contributed by atoms with Crippen LogP contribution in [0.2, 0.25) is 5.02 Å². The van der Waals surface area contributed by atoms with E-state index < -0.39 is 5.25 Å². The van der Waals surface area contributed by atoms with Crippen LogP contribution >= 0.6 is 23.4 Å². The topological polar surface area (TPSA) is 91.8 Å². The van der Waals surface area contributed by atoms with E-state index in [1.54, 1.807) is 25.1 Å². The second-order valence-corrected chi connectivity index (χ2v) is 7.75. The minimum Gasteiger partial charge on any atom is -0.451 e. The lowest BCUT2D eigenvalue weighted by Crippen LogP contribution is -2.22. The van der Waals surface area contributed by atoms with Gasteiger partial charge >= 0.3 is 0 Å². The molecule has 0 aliphatic rings. The van der Waals surface area contributed by atoms with Crippen molar-refractivity contribution in [1.82, 2.24) is 9.97 Å². The Labute approximate surface area is 169 Å². The number of hydrogen-bond acceptors (Lipinski definition) is 6. The maximum atomic E-state index is 12.6. The number of carbonyl (C=O) groups excluding carboxylic acids is 1. The summed E-state index contributed by atoms with van der Waals surface area (Å²) >= 11 is 7.30. The SMILES string of the molecule is C[C@H](Sc1ncnc2c1oc1ccccc12)C(=O)Nc1ccc(C#N)c(Cl)c1. The van der Waals surface area contributed by atoms with Gasteiger partial charge in [-0.05, 0) is 37.3 Å². The molecule has 138 valence electrons. The van der Waals surface area contributed by atoms with Crippen LogP contribution in [-0.2, 0) is 4.79 Å². The fourth-order valence-electron chi connectivity index (χ4n) is 2.73. The third-order valence-electron chi connectivity index (χ3n) is 4.14. The van der Waals surface area contributed by atoms with Crippen molar-refractivity contribution in [1.29, 1.82) is 5.26 Å². The van der Waals surface area contributed by atoms with Crippen LogP contribution in [-0.4, -0.2) is 21.1 Å². The van der Waals surface area contributed by atoms with Gasteiger partial charge in [-0.25, -0.2) is 9.97 Å². The number of benzene rings is 2. The number of nitrogens with one attached hydrogen (secondary N) is 1. The van der Waals surface area contributed by atoms with Gasteiger partial charge in [-0.3, -0.25) is 4.79 Å². The van der Waals surface area contributed by atoms with E-state index in [0.717, 1.165) is 16.5 Å². The molecular formula is C20H13ClN4O2S. The van der Waals surface area contributed by atoms with E-state index in [4.69, 9.17) is 21.3 Å². The molecule has 2 aromatic heterocycles. The number of hydrogen-bond donors (Lipinski definition) is 1. The van der Waals surface area contributed by atoms with E-state index in [1.165, 1.54) is 18.1 Å². The van der Waals surface area contributed by atoms with E-state index in [-0.39, 0.29) is 5.91 Å². The summed E-state index contributed by atoms with van der Waals surface area (Å²) in [5, 5.41) is 13.1. The van der Waals surface area contributed by atoms with Gasteiger partial charge in [0, 0.05) is 11.1 Å². The van der Waals surface area contributed by atoms with E-state index in [9.17, 15) is 4.79 Å². The van der Waals surface area contributed by atoms with Gasteiger partial charge in [0.2, 0.25) is 5.91 Å². The number of para-hydroxylation sites is 1. The van der Waals surface area contributed by atoms with Crippen LogP contribution in [0, 0.1) is 11.3 Å². The minimum atomic E-state index is -0.444. The Morgan fingerprint density at radius 3 is 2.89 bits per heavy atom. The van der Waals surface area contributed by atoms with Crippen LogP contribution in [0.25, 0.3) is 22.1 Å². The molecule has 4 rings (SSSR count). The molecule has 4 aromatic rings. The monoisotopic (exact) mass is 408 g/mol. The Morgan fingerprint density at radius 1 is 1.29 bits per heavy atom. The predicted molar refractivity (Wildman–Crippen MR) is 109 cm³/mol. The zero-order valence-corrected chi connectivity index (χ0v) is 16.2. The van der Waals surface area contributed by atoms with Crippen molar-refractivity contribution in [3.63, 3.8) is 0 Å². The molecule has 6 nitrogen and oxygen atoms in total. The quantitative estimate of drug-likeness (QED) is 0.376. The summed E-state index contributed by atoms with van der Waals surface area (Å²) in [5.41, 5.74) is 2.90. The van der Waals surface area contributed by atoms with Gasteiger partial charge in [0.15, 0.2) is 5.58 Å². The Kier molecular flexibility index (Phi) is 4.90. The van der Waals surface area contributed by atoms with Crippen molar-refractivity contribution in [2.45, 2.75) is 17.2 Å². The maximum Gasteiger partial charge on any atom is 0.237 e. The molecule has 0 unspecified atom stereocenters. The fourth-order valence-corrected chi connectivity index (χ4v) is 3.81. The number of thioether (sulfide) groups is 1. The fraction of sp³-hybridized carbons (Fsp3) is 0.100. The highest BCUT2D eigenvalue weighted by atomic mass is 35.5. The summed E-state index contributed by atoms with van der Waals surface area (Å²) in [6.07, 6.45) is 1.47. The Morgan fingerprint density at radius 2 is 2.11 bits per heavy atom. The lowest BCUT2D eigenvalue weighted by Gasteiger charge is -2.12. The summed E-state index contributed by atoms with van der Waals surface area (Å²) < 4.78 is 5.90. The van der Waals surface area contributed by atoms with Crippen molar-refractivity contribution in [2.24, 2.45) is 0 Å². The molecule has 0 saturated heterocycles. The van der Waals surface area contributed by atoms with Gasteiger partial charge in [0.1, 0.15) is 28.5 Å². The molecule has 0 aliphatic heterocycles. The number of anilines is 1. The number of amides is 1. The number of nitrogens with zero attached hydrogens (tertiary/aromatic N) is 3. The van der Waals surface area contributed by atoms with E-state index in [2.05, 4.69) is 15.3 Å². The van der Waals surface area contributed by atoms with Gasteiger partial charge in [0.05, 0.1) is 15.8 Å². The van der Waals surface area contributed by atoms with Crippen molar-refractivity contribution in [3.8, 4) is 6.07 Å². The predicted octanol–water partition coefficient (Wildman–Crippen LogP) is 5.02. The first-order valence-electron chi connectivity index (χ1n) is 8.36. The summed E-state index contributed by atoms with van der Waals surface area (Å²) in [6.45, 7) is 1.78. The molecule has 2 aromatic carbocycles. The lowest BCUT2D eigenvalue weighted by molar-refractivity contribution is -0.115. The van der Waals surface area contributed by atoms with Crippen LogP contribution in [0.3, 0.4) is 0 Å². The first-order chi connectivity index (χ1) is 13.6. The molecule has 2 heterocycles. The van der Waals surface area contributed by atoms with Crippen molar-refractivity contribution in [3.05, 3.63) is 59.4 Å². The van der Waals surface area contributed by atoms with Gasteiger partial charge in [-0.15, -0.1) is 0 Å². The van der Waals surface area contributed by atoms with Crippen molar-refractivity contribution >= 4 is 57.0 Å². The van der Waals surface area contributed by atoms with E-state index in [0.29, 0.717) is 26.9 Å². The number of furan rings is 1. The highest BCUT2D eigenvalue weighted by molar-refractivity contribution is 8.00. The van der Waals surface area contributed by atoms with Gasteiger partial charge in [-0.1, -0.05) is 35.5 Å². The molecule has 1 amide bonds. The lowest BCUT2D eigenvalue weighted by atomic mass is 10.2. The maximum absolute atomic E-state index is 12.6. The van der Waals surface area contributed by atoms with Crippen LogP contribution in [0.15, 0.2) is 58.2 Å². The second kappa shape index (κ2) is 7.50. The Bertz CT molecular complexity index is 1250. The summed E-state index contributed by atoms with van der Waals surface area (Å²) in [5.74, 6) is -0.214. The molecule has 0 fully saturated rings. The van der Waals surface area contributed by atoms with Crippen LogP contribution in [0.4, 0.5) is 5.69 Å². The van der Waals surface area contributed by atoms with Gasteiger partial charge < -0.3 is 9.73 Å². The summed E-state index contributed by atoms with van der Waals surface area (Å²) in [6, 6.07) is 14.4. The zero-order valence-electron chi connectivity index (χ0n) is 14.6. The normalized spacial score (nSPS) is 12.0. The average Bonchev–Trinajstić information content (AvgIpc) is 3.08. The minimum absolute atomic E-state index is 0.214. The smallest absolute Gasteiger partial charge is 0.237 e. The molecule has 0 radical (unpaired) electrons. The zero-order chi connectivity index (χ0) is 19.7. The number of carbonyl (C=O) groups is 1.